The van der Waals surface area contributed by atoms with E-state index in [-0.39, 0.29) is 11.9 Å². The smallest absolute Gasteiger partial charge is 0.220 e. The van der Waals surface area contributed by atoms with E-state index in [1.165, 1.54) is 6.42 Å². The van der Waals surface area contributed by atoms with Crippen molar-refractivity contribution < 1.29 is 4.79 Å². The average Bonchev–Trinajstić information content (AvgIpc) is 2.51. The molecule has 1 amide bonds. The van der Waals surface area contributed by atoms with Gasteiger partial charge in [0.2, 0.25) is 5.91 Å². The van der Waals surface area contributed by atoms with E-state index in [0.717, 1.165) is 25.9 Å². The number of carbonyl (C=O) groups excluding carboxylic acids is 1. The van der Waals surface area contributed by atoms with E-state index in [1.54, 1.807) is 0 Å². The molecule has 0 unspecified atom stereocenters. The molecule has 4 heteroatoms. The van der Waals surface area contributed by atoms with Crippen LogP contribution in [-0.2, 0) is 4.79 Å². The van der Waals surface area contributed by atoms with E-state index in [9.17, 15) is 4.79 Å². The normalized spacial score (nSPS) is 25.9. The molecule has 1 rings (SSSR count). The lowest BCUT2D eigenvalue weighted by Crippen LogP contribution is -2.34. The maximum atomic E-state index is 11.5. The van der Waals surface area contributed by atoms with E-state index in [2.05, 4.69) is 10.2 Å². The highest BCUT2D eigenvalue weighted by Crippen LogP contribution is 2.26. The molecular weight excluding hydrogens is 190 g/mol. The van der Waals surface area contributed by atoms with Gasteiger partial charge in [-0.05, 0) is 32.9 Å². The lowest BCUT2D eigenvalue weighted by atomic mass is 10.00. The summed E-state index contributed by atoms with van der Waals surface area (Å²) < 4.78 is 0. The van der Waals surface area contributed by atoms with Crippen LogP contribution in [0.2, 0.25) is 0 Å². The van der Waals surface area contributed by atoms with Gasteiger partial charge < -0.3 is 16.0 Å². The van der Waals surface area contributed by atoms with Crippen LogP contribution in [0.3, 0.4) is 0 Å². The number of nitrogens with one attached hydrogen (secondary N) is 1. The largest absolute Gasteiger partial charge is 0.355 e. The summed E-state index contributed by atoms with van der Waals surface area (Å²) in [5, 5.41) is 2.93. The number of nitrogens with two attached hydrogens (primary N) is 1. The highest BCUT2D eigenvalue weighted by atomic mass is 16.1. The molecule has 1 fully saturated rings. The first-order valence-electron chi connectivity index (χ1n) is 5.76. The Morgan fingerprint density at radius 3 is 2.73 bits per heavy atom. The first-order chi connectivity index (χ1) is 7.09. The first-order valence-corrected chi connectivity index (χ1v) is 5.76. The maximum absolute atomic E-state index is 11.5. The zero-order chi connectivity index (χ0) is 11.3. The summed E-state index contributed by atoms with van der Waals surface area (Å²) in [6.45, 7) is 1.62. The summed E-state index contributed by atoms with van der Waals surface area (Å²) in [5.41, 5.74) is 5.92. The van der Waals surface area contributed by atoms with Gasteiger partial charge in [0.25, 0.3) is 0 Å². The van der Waals surface area contributed by atoms with Crippen molar-refractivity contribution in [1.29, 1.82) is 0 Å². The minimum Gasteiger partial charge on any atom is -0.355 e. The number of hydrogen-bond donors (Lipinski definition) is 2. The van der Waals surface area contributed by atoms with Crippen LogP contribution in [-0.4, -0.2) is 44.0 Å². The predicted octanol–water partition coefficient (Wildman–Crippen LogP) is 0.182. The average molecular weight is 213 g/mol. The second-order valence-electron chi connectivity index (χ2n) is 4.71. The Kier molecular flexibility index (Phi) is 5.05. The Bertz CT molecular complexity index is 206. The molecule has 0 aromatic rings. The van der Waals surface area contributed by atoms with Crippen molar-refractivity contribution in [1.82, 2.24) is 10.2 Å². The Morgan fingerprint density at radius 1 is 1.47 bits per heavy atom. The molecule has 1 aliphatic carbocycles. The third kappa shape index (κ3) is 4.62. The van der Waals surface area contributed by atoms with Crippen molar-refractivity contribution in [3.63, 3.8) is 0 Å². The van der Waals surface area contributed by atoms with Gasteiger partial charge in [-0.3, -0.25) is 4.79 Å². The third-order valence-corrected chi connectivity index (χ3v) is 3.05. The van der Waals surface area contributed by atoms with Crippen molar-refractivity contribution in [2.45, 2.75) is 31.7 Å². The lowest BCUT2D eigenvalue weighted by molar-refractivity contribution is -0.122. The second-order valence-corrected chi connectivity index (χ2v) is 4.71. The number of amides is 1. The Labute approximate surface area is 92.2 Å². The second kappa shape index (κ2) is 6.08. The van der Waals surface area contributed by atoms with E-state index in [0.29, 0.717) is 12.3 Å². The molecule has 1 saturated carbocycles. The van der Waals surface area contributed by atoms with Gasteiger partial charge in [-0.2, -0.15) is 0 Å². The minimum atomic E-state index is 0.152. The van der Waals surface area contributed by atoms with Gasteiger partial charge >= 0.3 is 0 Å². The summed E-state index contributed by atoms with van der Waals surface area (Å²) >= 11 is 0. The summed E-state index contributed by atoms with van der Waals surface area (Å²) in [4.78, 5) is 13.6. The Morgan fingerprint density at radius 2 is 2.20 bits per heavy atom. The van der Waals surface area contributed by atoms with Crippen LogP contribution in [0.1, 0.15) is 25.7 Å². The Hall–Kier alpha value is -0.610. The van der Waals surface area contributed by atoms with Crippen LogP contribution in [0, 0.1) is 5.92 Å². The van der Waals surface area contributed by atoms with Gasteiger partial charge in [0.1, 0.15) is 0 Å². The molecule has 0 saturated heterocycles. The molecule has 0 bridgehead atoms. The van der Waals surface area contributed by atoms with Crippen molar-refractivity contribution in [2.24, 2.45) is 11.7 Å². The number of nitrogens with zero attached hydrogens (tertiary/aromatic N) is 1. The number of carbonyl (C=O) groups is 1. The lowest BCUT2D eigenvalue weighted by Gasteiger charge is -2.15. The summed E-state index contributed by atoms with van der Waals surface area (Å²) in [6.07, 6.45) is 3.98. The van der Waals surface area contributed by atoms with Gasteiger partial charge in [0, 0.05) is 25.6 Å². The van der Waals surface area contributed by atoms with Crippen LogP contribution in [0.5, 0.6) is 0 Å². The molecule has 0 aliphatic heterocycles. The van der Waals surface area contributed by atoms with Gasteiger partial charge in [-0.15, -0.1) is 0 Å². The standard InChI is InChI=1S/C11H23N3O/c1-14(2)7-6-13-11(15)8-9-4-3-5-10(9)12/h9-10H,3-8,12H2,1-2H3,(H,13,15)/t9-,10+/m0/s1. The molecule has 0 spiro atoms. The van der Waals surface area contributed by atoms with E-state index < -0.39 is 0 Å². The first kappa shape index (κ1) is 12.5. The fraction of sp³-hybridized carbons (Fsp3) is 0.909. The van der Waals surface area contributed by atoms with E-state index in [1.807, 2.05) is 14.1 Å². The molecule has 1 aliphatic rings. The predicted molar refractivity (Wildman–Crippen MR) is 61.5 cm³/mol. The number of hydrogen-bond acceptors (Lipinski definition) is 3. The molecule has 0 aromatic heterocycles. The minimum absolute atomic E-state index is 0.152. The van der Waals surface area contributed by atoms with Gasteiger partial charge in [0.05, 0.1) is 0 Å². The zero-order valence-corrected chi connectivity index (χ0v) is 9.83. The maximum Gasteiger partial charge on any atom is 0.220 e. The van der Waals surface area contributed by atoms with Gasteiger partial charge in [-0.1, -0.05) is 6.42 Å². The molecular formula is C11H23N3O. The molecule has 4 nitrogen and oxygen atoms in total. The summed E-state index contributed by atoms with van der Waals surface area (Å²) in [7, 11) is 4.00. The van der Waals surface area contributed by atoms with Crippen molar-refractivity contribution in [2.75, 3.05) is 27.2 Å². The topological polar surface area (TPSA) is 58.4 Å². The highest BCUT2D eigenvalue weighted by Gasteiger charge is 2.25. The van der Waals surface area contributed by atoms with Crippen LogP contribution >= 0.6 is 0 Å². The van der Waals surface area contributed by atoms with Crippen LogP contribution in [0.15, 0.2) is 0 Å². The fourth-order valence-electron chi connectivity index (χ4n) is 2.05. The Balaban J connectivity index is 2.12. The van der Waals surface area contributed by atoms with Crippen LogP contribution in [0.25, 0.3) is 0 Å². The summed E-state index contributed by atoms with van der Waals surface area (Å²) in [6, 6.07) is 0.240. The quantitative estimate of drug-likeness (QED) is 0.685. The van der Waals surface area contributed by atoms with Crippen LogP contribution in [0.4, 0.5) is 0 Å². The molecule has 2 atom stereocenters. The molecule has 0 aromatic carbocycles. The van der Waals surface area contributed by atoms with Crippen molar-refractivity contribution in [3.05, 3.63) is 0 Å². The van der Waals surface area contributed by atoms with E-state index >= 15 is 0 Å². The van der Waals surface area contributed by atoms with Crippen molar-refractivity contribution >= 4 is 5.91 Å². The monoisotopic (exact) mass is 213 g/mol. The number of rotatable bonds is 5. The third-order valence-electron chi connectivity index (χ3n) is 3.05. The molecule has 15 heavy (non-hydrogen) atoms. The van der Waals surface area contributed by atoms with E-state index in [4.69, 9.17) is 5.73 Å². The SMILES string of the molecule is CN(C)CCNC(=O)C[C@@H]1CCC[C@H]1N. The molecule has 3 N–H and O–H groups in total. The van der Waals surface area contributed by atoms with Crippen LogP contribution < -0.4 is 11.1 Å². The highest BCUT2D eigenvalue weighted by molar-refractivity contribution is 5.76. The number of likely N-dealkylation sites (N-methyl/N-ethyl adjacent to an activating group) is 1. The summed E-state index contributed by atoms with van der Waals surface area (Å²) in [5.74, 6) is 0.559. The van der Waals surface area contributed by atoms with Gasteiger partial charge in [-0.25, -0.2) is 0 Å². The molecule has 0 radical (unpaired) electrons. The van der Waals surface area contributed by atoms with Crippen molar-refractivity contribution in [3.8, 4) is 0 Å². The van der Waals surface area contributed by atoms with Gasteiger partial charge in [0.15, 0.2) is 0 Å². The molecule has 88 valence electrons. The fourth-order valence-corrected chi connectivity index (χ4v) is 2.05. The molecule has 0 heterocycles. The zero-order valence-electron chi connectivity index (χ0n) is 9.83.